The van der Waals surface area contributed by atoms with Gasteiger partial charge < -0.3 is 15.0 Å². The molecule has 7 nitrogen and oxygen atoms in total. The van der Waals surface area contributed by atoms with E-state index in [-0.39, 0.29) is 18.2 Å². The minimum atomic E-state index is -3.67. The first-order valence-corrected chi connectivity index (χ1v) is 13.3. The first-order valence-electron chi connectivity index (χ1n) is 11.0. The molecule has 1 N–H and O–H groups in total. The fourth-order valence-electron chi connectivity index (χ4n) is 4.17. The van der Waals surface area contributed by atoms with Gasteiger partial charge in [-0.05, 0) is 49.2 Å². The number of sulfonamides is 1. The third-order valence-electron chi connectivity index (χ3n) is 6.05. The van der Waals surface area contributed by atoms with Crippen LogP contribution >= 0.6 is 23.2 Å². The third kappa shape index (κ3) is 6.00. The van der Waals surface area contributed by atoms with Crippen LogP contribution in [0, 0.1) is 5.92 Å². The molecule has 2 heterocycles. The van der Waals surface area contributed by atoms with Gasteiger partial charge in [0, 0.05) is 53.2 Å². The number of morpholine rings is 1. The lowest BCUT2D eigenvalue weighted by Crippen LogP contribution is -2.44. The molecule has 2 aliphatic heterocycles. The van der Waals surface area contributed by atoms with Crippen LogP contribution in [-0.4, -0.2) is 58.0 Å². The molecule has 33 heavy (non-hydrogen) atoms. The number of hydrogen-bond donors (Lipinski definition) is 1. The molecule has 10 heteroatoms. The SMILES string of the molecule is O=C(Nc1ccc(N2CCOCC2)cc1)C1CCCN(S(=O)(=O)Cc2c(Cl)cccc2Cl)C1. The lowest BCUT2D eigenvalue weighted by molar-refractivity contribution is -0.120. The predicted octanol–water partition coefficient (Wildman–Crippen LogP) is 4.01. The van der Waals surface area contributed by atoms with Gasteiger partial charge in [0.25, 0.3) is 0 Å². The normalized spacial score (nSPS) is 19.9. The zero-order valence-corrected chi connectivity index (χ0v) is 20.5. The second-order valence-electron chi connectivity index (χ2n) is 8.29. The summed E-state index contributed by atoms with van der Waals surface area (Å²) in [5, 5.41) is 3.57. The number of amides is 1. The van der Waals surface area contributed by atoms with Gasteiger partial charge in [-0.2, -0.15) is 0 Å². The monoisotopic (exact) mass is 511 g/mol. The van der Waals surface area contributed by atoms with Gasteiger partial charge in [0.15, 0.2) is 0 Å². The van der Waals surface area contributed by atoms with Crippen LogP contribution in [0.25, 0.3) is 0 Å². The number of rotatable bonds is 6. The number of halogens is 2. The van der Waals surface area contributed by atoms with Crippen LogP contribution in [0.1, 0.15) is 18.4 Å². The maximum Gasteiger partial charge on any atom is 0.228 e. The first kappa shape index (κ1) is 24.3. The van der Waals surface area contributed by atoms with E-state index in [1.54, 1.807) is 18.2 Å². The van der Waals surface area contributed by atoms with E-state index in [1.807, 2.05) is 24.3 Å². The molecule has 0 radical (unpaired) electrons. The maximum absolute atomic E-state index is 13.0. The molecule has 0 aromatic heterocycles. The quantitative estimate of drug-likeness (QED) is 0.633. The molecule has 4 rings (SSSR count). The molecule has 2 aliphatic rings. The van der Waals surface area contributed by atoms with Gasteiger partial charge in [-0.3, -0.25) is 4.79 Å². The fourth-order valence-corrected chi connectivity index (χ4v) is 6.54. The molecule has 1 unspecified atom stereocenters. The topological polar surface area (TPSA) is 79.0 Å². The molecule has 2 aromatic carbocycles. The van der Waals surface area contributed by atoms with Crippen LogP contribution in [0.3, 0.4) is 0 Å². The summed E-state index contributed by atoms with van der Waals surface area (Å²) in [6.45, 7) is 3.63. The molecule has 0 bridgehead atoms. The number of ether oxygens (including phenoxy) is 1. The standard InChI is InChI=1S/C23H27Cl2N3O4S/c24-21-4-1-5-22(25)20(21)16-33(30,31)28-10-2-3-17(15-28)23(29)26-18-6-8-19(9-7-18)27-11-13-32-14-12-27/h1,4-9,17H,2-3,10-16H2,(H,26,29). The molecular formula is C23H27Cl2N3O4S. The Morgan fingerprint density at radius 1 is 1.03 bits per heavy atom. The van der Waals surface area contributed by atoms with E-state index in [9.17, 15) is 13.2 Å². The van der Waals surface area contributed by atoms with E-state index >= 15 is 0 Å². The highest BCUT2D eigenvalue weighted by Gasteiger charge is 2.33. The average molecular weight is 512 g/mol. The summed E-state index contributed by atoms with van der Waals surface area (Å²) in [6.07, 6.45) is 1.25. The van der Waals surface area contributed by atoms with Crippen molar-refractivity contribution in [2.24, 2.45) is 5.92 Å². The van der Waals surface area contributed by atoms with E-state index in [4.69, 9.17) is 27.9 Å². The average Bonchev–Trinajstić information content (AvgIpc) is 2.83. The highest BCUT2D eigenvalue weighted by molar-refractivity contribution is 7.88. The van der Waals surface area contributed by atoms with Gasteiger partial charge in [-0.25, -0.2) is 12.7 Å². The van der Waals surface area contributed by atoms with Gasteiger partial charge in [-0.1, -0.05) is 29.3 Å². The van der Waals surface area contributed by atoms with Gasteiger partial charge in [0.1, 0.15) is 0 Å². The molecule has 1 atom stereocenters. The van der Waals surface area contributed by atoms with E-state index in [0.717, 1.165) is 18.8 Å². The highest BCUT2D eigenvalue weighted by Crippen LogP contribution is 2.29. The number of piperidine rings is 1. The minimum absolute atomic E-state index is 0.141. The zero-order chi connectivity index (χ0) is 23.4. The maximum atomic E-state index is 13.0. The van der Waals surface area contributed by atoms with Crippen LogP contribution < -0.4 is 10.2 Å². The molecule has 1 amide bonds. The molecule has 0 aliphatic carbocycles. The van der Waals surface area contributed by atoms with Crippen molar-refractivity contribution in [2.75, 3.05) is 49.6 Å². The summed E-state index contributed by atoms with van der Waals surface area (Å²) < 4.78 is 32.8. The van der Waals surface area contributed by atoms with Crippen LogP contribution in [0.5, 0.6) is 0 Å². The summed E-state index contributed by atoms with van der Waals surface area (Å²) >= 11 is 12.3. The van der Waals surface area contributed by atoms with Gasteiger partial charge >= 0.3 is 0 Å². The number of nitrogens with one attached hydrogen (secondary N) is 1. The summed E-state index contributed by atoms with van der Waals surface area (Å²) in [7, 11) is -3.67. The van der Waals surface area contributed by atoms with Crippen LogP contribution in [0.15, 0.2) is 42.5 Å². The van der Waals surface area contributed by atoms with Crippen molar-refractivity contribution < 1.29 is 17.9 Å². The van der Waals surface area contributed by atoms with Crippen molar-refractivity contribution in [3.63, 3.8) is 0 Å². The molecular weight excluding hydrogens is 485 g/mol. The number of carbonyl (C=O) groups is 1. The molecule has 2 aromatic rings. The van der Waals surface area contributed by atoms with Gasteiger partial charge in [0.2, 0.25) is 15.9 Å². The third-order valence-corrected chi connectivity index (χ3v) is 8.53. The summed E-state index contributed by atoms with van der Waals surface area (Å²) in [5.41, 5.74) is 2.16. The van der Waals surface area contributed by atoms with Crippen LogP contribution in [0.4, 0.5) is 11.4 Å². The minimum Gasteiger partial charge on any atom is -0.378 e. The molecule has 0 spiro atoms. The Labute approximate surface area is 204 Å². The Morgan fingerprint density at radius 2 is 1.70 bits per heavy atom. The number of hydrogen-bond acceptors (Lipinski definition) is 5. The van der Waals surface area contributed by atoms with Gasteiger partial charge in [0.05, 0.1) is 24.9 Å². The Kier molecular flexibility index (Phi) is 7.81. The van der Waals surface area contributed by atoms with E-state index in [2.05, 4.69) is 10.2 Å². The summed E-state index contributed by atoms with van der Waals surface area (Å²) in [6, 6.07) is 12.6. The van der Waals surface area contributed by atoms with Crippen molar-refractivity contribution in [1.82, 2.24) is 4.31 Å². The Hall–Kier alpha value is -1.84. The Morgan fingerprint density at radius 3 is 2.36 bits per heavy atom. The Bertz CT molecular complexity index is 1070. The van der Waals surface area contributed by atoms with Crippen molar-refractivity contribution in [3.8, 4) is 0 Å². The number of anilines is 2. The lowest BCUT2D eigenvalue weighted by atomic mass is 9.98. The molecule has 2 saturated heterocycles. The largest absolute Gasteiger partial charge is 0.378 e. The smallest absolute Gasteiger partial charge is 0.228 e. The lowest BCUT2D eigenvalue weighted by Gasteiger charge is -2.31. The first-order chi connectivity index (χ1) is 15.8. The number of carbonyl (C=O) groups excluding carboxylic acids is 1. The van der Waals surface area contributed by atoms with Crippen molar-refractivity contribution >= 4 is 50.5 Å². The highest BCUT2D eigenvalue weighted by atomic mass is 35.5. The molecule has 0 saturated carbocycles. The number of benzene rings is 2. The van der Waals surface area contributed by atoms with E-state index in [1.165, 1.54) is 4.31 Å². The van der Waals surface area contributed by atoms with E-state index in [0.29, 0.717) is 53.9 Å². The second kappa shape index (κ2) is 10.6. The fraction of sp³-hybridized carbons (Fsp3) is 0.435. The van der Waals surface area contributed by atoms with Crippen LogP contribution in [-0.2, 0) is 25.3 Å². The van der Waals surface area contributed by atoms with Gasteiger partial charge in [-0.15, -0.1) is 0 Å². The molecule has 2 fully saturated rings. The number of nitrogens with zero attached hydrogens (tertiary/aromatic N) is 2. The van der Waals surface area contributed by atoms with Crippen molar-refractivity contribution in [3.05, 3.63) is 58.1 Å². The van der Waals surface area contributed by atoms with Crippen molar-refractivity contribution in [2.45, 2.75) is 18.6 Å². The van der Waals surface area contributed by atoms with Crippen molar-refractivity contribution in [1.29, 1.82) is 0 Å². The zero-order valence-electron chi connectivity index (χ0n) is 18.2. The van der Waals surface area contributed by atoms with Crippen LogP contribution in [0.2, 0.25) is 10.0 Å². The Balaban J connectivity index is 1.38. The predicted molar refractivity (Wildman–Crippen MR) is 131 cm³/mol. The summed E-state index contributed by atoms with van der Waals surface area (Å²) in [4.78, 5) is 15.1. The second-order valence-corrected chi connectivity index (χ2v) is 11.1. The van der Waals surface area contributed by atoms with E-state index < -0.39 is 15.9 Å². The summed E-state index contributed by atoms with van der Waals surface area (Å²) in [5.74, 6) is -0.887. The molecule has 178 valence electrons.